The highest BCUT2D eigenvalue weighted by Gasteiger charge is 2.12. The third-order valence-corrected chi connectivity index (χ3v) is 4.00. The molecule has 0 bridgehead atoms. The van der Waals surface area contributed by atoms with Gasteiger partial charge in [-0.1, -0.05) is 54.6 Å². The fourth-order valence-corrected chi connectivity index (χ4v) is 2.61. The van der Waals surface area contributed by atoms with Crippen LogP contribution >= 0.6 is 0 Å². The summed E-state index contributed by atoms with van der Waals surface area (Å²) >= 11 is 0. The molecular weight excluding hydrogens is 324 g/mol. The molecule has 130 valence electrons. The molecule has 0 aliphatic carbocycles. The average Bonchev–Trinajstić information content (AvgIpc) is 2.72. The predicted molar refractivity (Wildman–Crippen MR) is 102 cm³/mol. The van der Waals surface area contributed by atoms with Gasteiger partial charge in [0.25, 0.3) is 0 Å². The van der Waals surface area contributed by atoms with Crippen LogP contribution in [-0.2, 0) is 6.61 Å². The van der Waals surface area contributed by atoms with Crippen LogP contribution in [0.15, 0.2) is 78.9 Å². The van der Waals surface area contributed by atoms with E-state index in [-0.39, 0.29) is 0 Å². The minimum Gasteiger partial charge on any atom is -0.495 e. The lowest BCUT2D eigenvalue weighted by Crippen LogP contribution is -2.09. The van der Waals surface area contributed by atoms with E-state index in [0.717, 1.165) is 22.6 Å². The zero-order chi connectivity index (χ0) is 18.2. The second-order valence-corrected chi connectivity index (χ2v) is 5.75. The molecule has 26 heavy (non-hydrogen) atoms. The fraction of sp³-hybridized carbons (Fsp3) is 0.136. The van der Waals surface area contributed by atoms with E-state index in [4.69, 9.17) is 9.47 Å². The highest BCUT2D eigenvalue weighted by atomic mass is 16.5. The van der Waals surface area contributed by atoms with E-state index < -0.39 is 6.04 Å². The monoisotopic (exact) mass is 344 g/mol. The molecule has 1 atom stereocenters. The van der Waals surface area contributed by atoms with Gasteiger partial charge < -0.3 is 14.8 Å². The van der Waals surface area contributed by atoms with Gasteiger partial charge in [-0.2, -0.15) is 5.26 Å². The highest BCUT2D eigenvalue weighted by Crippen LogP contribution is 2.28. The third-order valence-electron chi connectivity index (χ3n) is 4.00. The van der Waals surface area contributed by atoms with Crippen molar-refractivity contribution in [3.8, 4) is 17.6 Å². The molecule has 3 aromatic rings. The van der Waals surface area contributed by atoms with Crippen molar-refractivity contribution in [2.24, 2.45) is 0 Å². The van der Waals surface area contributed by atoms with Crippen LogP contribution in [0.4, 0.5) is 5.69 Å². The number of hydrogen-bond acceptors (Lipinski definition) is 4. The van der Waals surface area contributed by atoms with Gasteiger partial charge in [0.15, 0.2) is 0 Å². The summed E-state index contributed by atoms with van der Waals surface area (Å²) in [6.45, 7) is 0.515. The molecule has 0 saturated heterocycles. The SMILES string of the molecule is COc1ccccc1NC(C#N)c1ccc(OCc2ccccc2)cc1. The Balaban J connectivity index is 1.67. The molecule has 0 saturated carbocycles. The number of anilines is 1. The molecule has 4 nitrogen and oxygen atoms in total. The lowest BCUT2D eigenvalue weighted by atomic mass is 10.1. The molecule has 1 N–H and O–H groups in total. The van der Waals surface area contributed by atoms with Gasteiger partial charge in [-0.05, 0) is 35.4 Å². The van der Waals surface area contributed by atoms with E-state index in [1.165, 1.54) is 0 Å². The molecule has 3 aromatic carbocycles. The number of nitrogens with one attached hydrogen (secondary N) is 1. The van der Waals surface area contributed by atoms with Crippen molar-refractivity contribution < 1.29 is 9.47 Å². The molecular formula is C22H20N2O2. The Bertz CT molecular complexity index is 871. The molecule has 0 fully saturated rings. The number of benzene rings is 3. The Kier molecular flexibility index (Phi) is 5.74. The van der Waals surface area contributed by atoms with Gasteiger partial charge in [-0.15, -0.1) is 0 Å². The standard InChI is InChI=1S/C22H20N2O2/c1-25-22-10-6-5-9-20(22)24-21(15-23)18-11-13-19(14-12-18)26-16-17-7-3-2-4-8-17/h2-14,21,24H,16H2,1H3. The van der Waals surface area contributed by atoms with Gasteiger partial charge in [-0.3, -0.25) is 0 Å². The van der Waals surface area contributed by atoms with E-state index in [2.05, 4.69) is 11.4 Å². The third kappa shape index (κ3) is 4.34. The molecule has 0 aromatic heterocycles. The summed E-state index contributed by atoms with van der Waals surface area (Å²) in [6, 6.07) is 26.9. The van der Waals surface area contributed by atoms with Crippen LogP contribution in [0.5, 0.6) is 11.5 Å². The van der Waals surface area contributed by atoms with Crippen molar-refractivity contribution in [3.05, 3.63) is 90.0 Å². The molecule has 0 radical (unpaired) electrons. The molecule has 0 amide bonds. The van der Waals surface area contributed by atoms with Gasteiger partial charge in [-0.25, -0.2) is 0 Å². The maximum absolute atomic E-state index is 9.54. The molecule has 4 heteroatoms. The number of ether oxygens (including phenoxy) is 2. The van der Waals surface area contributed by atoms with Crippen molar-refractivity contribution >= 4 is 5.69 Å². The smallest absolute Gasteiger partial charge is 0.141 e. The van der Waals surface area contributed by atoms with E-state index >= 15 is 0 Å². The van der Waals surface area contributed by atoms with E-state index in [1.54, 1.807) is 7.11 Å². The van der Waals surface area contributed by atoms with Crippen LogP contribution in [0.1, 0.15) is 17.2 Å². The highest BCUT2D eigenvalue weighted by molar-refractivity contribution is 5.58. The van der Waals surface area contributed by atoms with Crippen molar-refractivity contribution in [3.63, 3.8) is 0 Å². The van der Waals surface area contributed by atoms with Crippen LogP contribution in [0, 0.1) is 11.3 Å². The Hall–Kier alpha value is -3.45. The number of nitrogens with zero attached hydrogens (tertiary/aromatic N) is 1. The van der Waals surface area contributed by atoms with Crippen LogP contribution in [0.2, 0.25) is 0 Å². The lowest BCUT2D eigenvalue weighted by molar-refractivity contribution is 0.306. The first-order chi connectivity index (χ1) is 12.8. The topological polar surface area (TPSA) is 54.3 Å². The van der Waals surface area contributed by atoms with Crippen molar-refractivity contribution in [2.45, 2.75) is 12.6 Å². The summed E-state index contributed by atoms with van der Waals surface area (Å²) in [6.07, 6.45) is 0. The normalized spacial score (nSPS) is 11.2. The van der Waals surface area contributed by atoms with Crippen LogP contribution in [0.25, 0.3) is 0 Å². The molecule has 1 unspecified atom stereocenters. The van der Waals surface area contributed by atoms with Crippen molar-refractivity contribution in [1.29, 1.82) is 5.26 Å². The minimum absolute atomic E-state index is 0.477. The quantitative estimate of drug-likeness (QED) is 0.659. The summed E-state index contributed by atoms with van der Waals surface area (Å²) in [7, 11) is 1.61. The van der Waals surface area contributed by atoms with Gasteiger partial charge in [0, 0.05) is 0 Å². The second-order valence-electron chi connectivity index (χ2n) is 5.75. The number of nitriles is 1. The first-order valence-electron chi connectivity index (χ1n) is 8.36. The molecule has 0 aliphatic heterocycles. The average molecular weight is 344 g/mol. The summed E-state index contributed by atoms with van der Waals surface area (Å²) in [5, 5.41) is 12.8. The number of methoxy groups -OCH3 is 1. The van der Waals surface area contributed by atoms with Gasteiger partial charge in [0.2, 0.25) is 0 Å². The number of hydrogen-bond donors (Lipinski definition) is 1. The van der Waals surface area contributed by atoms with E-state index in [0.29, 0.717) is 12.4 Å². The molecule has 0 aliphatic rings. The van der Waals surface area contributed by atoms with E-state index in [1.807, 2.05) is 78.9 Å². The Labute approximate surface area is 153 Å². The summed E-state index contributed by atoms with van der Waals surface area (Å²) in [5.41, 5.74) is 2.76. The molecule has 0 heterocycles. The lowest BCUT2D eigenvalue weighted by Gasteiger charge is -2.16. The second kappa shape index (κ2) is 8.59. The van der Waals surface area contributed by atoms with Gasteiger partial charge >= 0.3 is 0 Å². The first-order valence-corrected chi connectivity index (χ1v) is 8.36. The number of para-hydroxylation sites is 2. The zero-order valence-corrected chi connectivity index (χ0v) is 14.6. The van der Waals surface area contributed by atoms with Crippen LogP contribution in [-0.4, -0.2) is 7.11 Å². The largest absolute Gasteiger partial charge is 0.495 e. The maximum atomic E-state index is 9.54. The van der Waals surface area contributed by atoms with Gasteiger partial charge in [0.05, 0.1) is 18.9 Å². The van der Waals surface area contributed by atoms with Crippen LogP contribution < -0.4 is 14.8 Å². The Morgan fingerprint density at radius 3 is 2.31 bits per heavy atom. The van der Waals surface area contributed by atoms with Crippen molar-refractivity contribution in [2.75, 3.05) is 12.4 Å². The summed E-state index contributed by atoms with van der Waals surface area (Å²) in [5.74, 6) is 1.47. The molecule has 0 spiro atoms. The summed E-state index contributed by atoms with van der Waals surface area (Å²) < 4.78 is 11.1. The number of rotatable bonds is 7. The van der Waals surface area contributed by atoms with E-state index in [9.17, 15) is 5.26 Å². The summed E-state index contributed by atoms with van der Waals surface area (Å²) in [4.78, 5) is 0. The van der Waals surface area contributed by atoms with Crippen LogP contribution in [0.3, 0.4) is 0 Å². The minimum atomic E-state index is -0.477. The zero-order valence-electron chi connectivity index (χ0n) is 14.6. The first kappa shape index (κ1) is 17.4. The van der Waals surface area contributed by atoms with Gasteiger partial charge in [0.1, 0.15) is 24.1 Å². The maximum Gasteiger partial charge on any atom is 0.141 e. The Morgan fingerprint density at radius 2 is 1.62 bits per heavy atom. The molecule has 3 rings (SSSR count). The predicted octanol–water partition coefficient (Wildman–Crippen LogP) is 4.95. The fourth-order valence-electron chi connectivity index (χ4n) is 2.61. The van der Waals surface area contributed by atoms with Crippen molar-refractivity contribution in [1.82, 2.24) is 0 Å². The Morgan fingerprint density at radius 1 is 0.923 bits per heavy atom.